The molecule has 0 aliphatic carbocycles. The van der Waals surface area contributed by atoms with Crippen LogP contribution < -0.4 is 0 Å². The summed E-state index contributed by atoms with van der Waals surface area (Å²) in [6.45, 7) is 5.06. The van der Waals surface area contributed by atoms with Crippen molar-refractivity contribution in [2.75, 3.05) is 6.54 Å². The van der Waals surface area contributed by atoms with Crippen LogP contribution in [0.4, 0.5) is 0 Å². The van der Waals surface area contributed by atoms with Gasteiger partial charge in [0.2, 0.25) is 5.91 Å². The molecule has 0 saturated heterocycles. The summed E-state index contributed by atoms with van der Waals surface area (Å²) in [5, 5.41) is 10.6. The van der Waals surface area contributed by atoms with Crippen molar-refractivity contribution in [1.82, 2.24) is 4.90 Å². The van der Waals surface area contributed by atoms with Crippen molar-refractivity contribution in [3.8, 4) is 0 Å². The van der Waals surface area contributed by atoms with Crippen LogP contribution in [0.5, 0.6) is 0 Å². The van der Waals surface area contributed by atoms with Gasteiger partial charge < -0.3 is 10.0 Å². The van der Waals surface area contributed by atoms with Gasteiger partial charge in [-0.3, -0.25) is 4.79 Å². The van der Waals surface area contributed by atoms with Crippen molar-refractivity contribution >= 4 is 5.91 Å². The average molecular weight is 295 g/mol. The quantitative estimate of drug-likeness (QED) is 0.925. The summed E-state index contributed by atoms with van der Waals surface area (Å²) in [6, 6.07) is 14.0. The zero-order valence-electron chi connectivity index (χ0n) is 13.0. The van der Waals surface area contributed by atoms with Crippen molar-refractivity contribution in [1.29, 1.82) is 0 Å². The molecule has 1 aliphatic rings. The van der Waals surface area contributed by atoms with Gasteiger partial charge in [0.1, 0.15) is 6.10 Å². The van der Waals surface area contributed by atoms with Crippen LogP contribution in [0.3, 0.4) is 0 Å². The van der Waals surface area contributed by atoms with Crippen LogP contribution in [0.15, 0.2) is 42.5 Å². The number of amides is 1. The Morgan fingerprint density at radius 1 is 1.09 bits per heavy atom. The van der Waals surface area contributed by atoms with E-state index < -0.39 is 6.10 Å². The highest BCUT2D eigenvalue weighted by molar-refractivity contribution is 5.73. The second-order valence-electron chi connectivity index (χ2n) is 6.03. The monoisotopic (exact) mass is 295 g/mol. The zero-order valence-corrected chi connectivity index (χ0v) is 13.0. The lowest BCUT2D eigenvalue weighted by molar-refractivity contribution is -0.129. The minimum absolute atomic E-state index is 0.107. The van der Waals surface area contributed by atoms with Gasteiger partial charge in [-0.2, -0.15) is 0 Å². The number of aliphatic hydroxyl groups excluding tert-OH is 1. The number of rotatable bonds is 2. The predicted molar refractivity (Wildman–Crippen MR) is 86.5 cm³/mol. The van der Waals surface area contributed by atoms with Crippen molar-refractivity contribution < 1.29 is 9.90 Å². The number of aryl methyl sites for hydroxylation is 1. The average Bonchev–Trinajstić information content (AvgIpc) is 2.53. The maximum atomic E-state index is 11.6. The number of carbonyl (C=O) groups excluding carboxylic acids is 1. The van der Waals surface area contributed by atoms with Crippen LogP contribution in [-0.2, 0) is 17.8 Å². The molecule has 3 heteroatoms. The molecule has 1 atom stereocenters. The summed E-state index contributed by atoms with van der Waals surface area (Å²) in [5.74, 6) is 0.107. The second-order valence-corrected chi connectivity index (χ2v) is 6.03. The normalized spacial score (nSPS) is 15.3. The number of carbonyl (C=O) groups is 1. The Kier molecular flexibility index (Phi) is 3.99. The van der Waals surface area contributed by atoms with E-state index in [1.54, 1.807) is 6.92 Å². The van der Waals surface area contributed by atoms with E-state index in [0.29, 0.717) is 6.54 Å². The van der Waals surface area contributed by atoms with Crippen molar-refractivity contribution in [2.24, 2.45) is 0 Å². The Morgan fingerprint density at radius 2 is 1.77 bits per heavy atom. The molecule has 0 radical (unpaired) electrons. The van der Waals surface area contributed by atoms with Crippen LogP contribution in [0.25, 0.3) is 0 Å². The summed E-state index contributed by atoms with van der Waals surface area (Å²) < 4.78 is 0. The molecule has 0 fully saturated rings. The molecular formula is C19H21NO2. The van der Waals surface area contributed by atoms with Crippen LogP contribution in [0.2, 0.25) is 0 Å². The SMILES string of the molecule is CC(=O)N1CCc2ccc(C(O)c3ccc(C)cc3)cc2C1. The minimum atomic E-state index is -0.626. The topological polar surface area (TPSA) is 40.5 Å². The Hall–Kier alpha value is -2.13. The Morgan fingerprint density at radius 3 is 2.45 bits per heavy atom. The van der Waals surface area contributed by atoms with Gasteiger partial charge in [0.25, 0.3) is 0 Å². The lowest BCUT2D eigenvalue weighted by Crippen LogP contribution is -2.34. The molecule has 22 heavy (non-hydrogen) atoms. The second kappa shape index (κ2) is 5.93. The first-order valence-corrected chi connectivity index (χ1v) is 7.66. The number of nitrogens with zero attached hydrogens (tertiary/aromatic N) is 1. The molecular weight excluding hydrogens is 274 g/mol. The molecule has 1 aliphatic heterocycles. The molecule has 0 aromatic heterocycles. The summed E-state index contributed by atoms with van der Waals surface area (Å²) in [6.07, 6.45) is 0.258. The molecule has 1 unspecified atom stereocenters. The van der Waals surface area contributed by atoms with E-state index in [1.165, 1.54) is 11.1 Å². The van der Waals surface area contributed by atoms with E-state index >= 15 is 0 Å². The molecule has 3 nitrogen and oxygen atoms in total. The highest BCUT2D eigenvalue weighted by Gasteiger charge is 2.20. The number of aliphatic hydroxyl groups is 1. The van der Waals surface area contributed by atoms with Gasteiger partial charge in [-0.25, -0.2) is 0 Å². The van der Waals surface area contributed by atoms with Gasteiger partial charge in [0.15, 0.2) is 0 Å². The van der Waals surface area contributed by atoms with Gasteiger partial charge in [-0.05, 0) is 35.6 Å². The molecule has 2 aromatic carbocycles. The van der Waals surface area contributed by atoms with E-state index in [9.17, 15) is 9.90 Å². The van der Waals surface area contributed by atoms with Crippen molar-refractivity contribution in [2.45, 2.75) is 32.9 Å². The summed E-state index contributed by atoms with van der Waals surface area (Å²) in [7, 11) is 0. The molecule has 2 aromatic rings. The third-order valence-corrected chi connectivity index (χ3v) is 4.40. The minimum Gasteiger partial charge on any atom is -0.384 e. The fraction of sp³-hybridized carbons (Fsp3) is 0.316. The van der Waals surface area contributed by atoms with Crippen LogP contribution >= 0.6 is 0 Å². The van der Waals surface area contributed by atoms with E-state index in [1.807, 2.05) is 48.2 Å². The maximum absolute atomic E-state index is 11.6. The Balaban J connectivity index is 1.88. The fourth-order valence-electron chi connectivity index (χ4n) is 2.96. The standard InChI is InChI=1S/C19H21NO2/c1-13-3-5-16(6-4-13)19(22)17-8-7-15-9-10-20(14(2)21)12-18(15)11-17/h3-8,11,19,22H,9-10,12H2,1-2H3. The van der Waals surface area contributed by atoms with E-state index in [0.717, 1.165) is 29.7 Å². The molecule has 114 valence electrons. The van der Waals surface area contributed by atoms with E-state index in [-0.39, 0.29) is 5.91 Å². The summed E-state index contributed by atoms with van der Waals surface area (Å²) in [4.78, 5) is 13.4. The fourth-order valence-corrected chi connectivity index (χ4v) is 2.96. The summed E-state index contributed by atoms with van der Waals surface area (Å²) >= 11 is 0. The van der Waals surface area contributed by atoms with Gasteiger partial charge in [-0.15, -0.1) is 0 Å². The van der Waals surface area contributed by atoms with Gasteiger partial charge >= 0.3 is 0 Å². The molecule has 3 rings (SSSR count). The highest BCUT2D eigenvalue weighted by Crippen LogP contribution is 2.27. The first kappa shape index (κ1) is 14.8. The van der Waals surface area contributed by atoms with Gasteiger partial charge in [-0.1, -0.05) is 48.0 Å². The lowest BCUT2D eigenvalue weighted by atomic mass is 9.93. The van der Waals surface area contributed by atoms with Crippen molar-refractivity contribution in [3.05, 3.63) is 70.3 Å². The lowest BCUT2D eigenvalue weighted by Gasteiger charge is -2.28. The zero-order chi connectivity index (χ0) is 15.7. The molecule has 1 amide bonds. The van der Waals surface area contributed by atoms with Crippen LogP contribution in [0.1, 0.15) is 40.8 Å². The van der Waals surface area contributed by atoms with Crippen LogP contribution in [0, 0.1) is 6.92 Å². The van der Waals surface area contributed by atoms with E-state index in [2.05, 4.69) is 6.07 Å². The molecule has 0 spiro atoms. The Bertz CT molecular complexity index is 691. The van der Waals surface area contributed by atoms with Gasteiger partial charge in [0.05, 0.1) is 0 Å². The number of benzene rings is 2. The maximum Gasteiger partial charge on any atom is 0.219 e. The van der Waals surface area contributed by atoms with Crippen LogP contribution in [-0.4, -0.2) is 22.5 Å². The third-order valence-electron chi connectivity index (χ3n) is 4.40. The number of fused-ring (bicyclic) bond motifs is 1. The first-order chi connectivity index (χ1) is 10.5. The molecule has 0 saturated carbocycles. The predicted octanol–water partition coefficient (Wildman–Crippen LogP) is 2.98. The van der Waals surface area contributed by atoms with Gasteiger partial charge in [0, 0.05) is 20.0 Å². The van der Waals surface area contributed by atoms with Crippen molar-refractivity contribution in [3.63, 3.8) is 0 Å². The number of hydrogen-bond acceptors (Lipinski definition) is 2. The largest absolute Gasteiger partial charge is 0.384 e. The first-order valence-electron chi connectivity index (χ1n) is 7.66. The molecule has 1 heterocycles. The smallest absolute Gasteiger partial charge is 0.219 e. The Labute approximate surface area is 131 Å². The molecule has 0 bridgehead atoms. The third kappa shape index (κ3) is 2.90. The molecule has 1 N–H and O–H groups in total. The number of hydrogen-bond donors (Lipinski definition) is 1. The van der Waals surface area contributed by atoms with E-state index in [4.69, 9.17) is 0 Å². The summed E-state index contributed by atoms with van der Waals surface area (Å²) in [5.41, 5.74) is 5.37. The highest BCUT2D eigenvalue weighted by atomic mass is 16.3.